The first-order valence-electron chi connectivity index (χ1n) is 9.00. The molecule has 1 aliphatic rings. The first-order chi connectivity index (χ1) is 13.4. The van der Waals surface area contributed by atoms with Crippen LogP contribution in [0, 0.1) is 0 Å². The van der Waals surface area contributed by atoms with Crippen LogP contribution in [-0.4, -0.2) is 57.4 Å². The van der Waals surface area contributed by atoms with Crippen molar-refractivity contribution in [2.45, 2.75) is 32.9 Å². The Balaban J connectivity index is 0.00000420. The SMILES string of the molecule is CCCCNC(=NCc1cc2c(cc1OC(F)F)OCO2)NCC(=O)N(C)C.I. The largest absolute Gasteiger partial charge is 0.454 e. The number of unbranched alkanes of at least 4 members (excludes halogenated alkanes) is 1. The average Bonchev–Trinajstić information content (AvgIpc) is 3.09. The number of aliphatic imine (C=N–C) groups is 1. The second kappa shape index (κ2) is 12.5. The van der Waals surface area contributed by atoms with E-state index in [1.165, 1.54) is 11.0 Å². The van der Waals surface area contributed by atoms with Gasteiger partial charge >= 0.3 is 6.61 Å². The summed E-state index contributed by atoms with van der Waals surface area (Å²) in [6, 6.07) is 2.94. The molecule has 2 rings (SSSR count). The average molecular weight is 528 g/mol. The van der Waals surface area contributed by atoms with Crippen LogP contribution < -0.4 is 24.8 Å². The molecule has 0 saturated carbocycles. The van der Waals surface area contributed by atoms with Gasteiger partial charge in [-0.1, -0.05) is 13.3 Å². The van der Waals surface area contributed by atoms with Gasteiger partial charge in [-0.05, 0) is 12.5 Å². The van der Waals surface area contributed by atoms with Gasteiger partial charge in [-0.2, -0.15) is 8.78 Å². The Labute approximate surface area is 186 Å². The molecule has 1 amide bonds. The van der Waals surface area contributed by atoms with Crippen molar-refractivity contribution < 1.29 is 27.8 Å². The van der Waals surface area contributed by atoms with Gasteiger partial charge in [-0.25, -0.2) is 4.99 Å². The highest BCUT2D eigenvalue weighted by molar-refractivity contribution is 14.0. The fourth-order valence-electron chi connectivity index (χ4n) is 2.33. The van der Waals surface area contributed by atoms with Crippen LogP contribution in [0.2, 0.25) is 0 Å². The molecule has 2 N–H and O–H groups in total. The van der Waals surface area contributed by atoms with Crippen LogP contribution >= 0.6 is 24.0 Å². The third-order valence-corrected chi connectivity index (χ3v) is 3.91. The zero-order chi connectivity index (χ0) is 20.5. The van der Waals surface area contributed by atoms with E-state index in [4.69, 9.17) is 9.47 Å². The molecule has 0 radical (unpaired) electrons. The highest BCUT2D eigenvalue weighted by atomic mass is 127. The van der Waals surface area contributed by atoms with E-state index < -0.39 is 6.61 Å². The van der Waals surface area contributed by atoms with E-state index in [0.717, 1.165) is 12.8 Å². The Morgan fingerprint density at radius 1 is 1.28 bits per heavy atom. The number of rotatable bonds is 9. The molecular formula is C18H27F2IN4O4. The fraction of sp³-hybridized carbons (Fsp3) is 0.556. The summed E-state index contributed by atoms with van der Waals surface area (Å²) in [5.41, 5.74) is 0.417. The lowest BCUT2D eigenvalue weighted by Gasteiger charge is -2.15. The smallest absolute Gasteiger partial charge is 0.387 e. The lowest BCUT2D eigenvalue weighted by molar-refractivity contribution is -0.127. The second-order valence-corrected chi connectivity index (χ2v) is 6.28. The predicted molar refractivity (Wildman–Crippen MR) is 115 cm³/mol. The van der Waals surface area contributed by atoms with Gasteiger partial charge in [0.05, 0.1) is 13.1 Å². The zero-order valence-corrected chi connectivity index (χ0v) is 19.0. The maximum Gasteiger partial charge on any atom is 0.387 e. The van der Waals surface area contributed by atoms with E-state index in [2.05, 4.69) is 27.3 Å². The van der Waals surface area contributed by atoms with Gasteiger partial charge in [0, 0.05) is 32.3 Å². The van der Waals surface area contributed by atoms with Crippen LogP contribution in [0.4, 0.5) is 8.78 Å². The number of nitrogens with zero attached hydrogens (tertiary/aromatic N) is 2. The topological polar surface area (TPSA) is 84.4 Å². The van der Waals surface area contributed by atoms with Gasteiger partial charge in [0.2, 0.25) is 12.7 Å². The molecule has 8 nitrogen and oxygen atoms in total. The monoisotopic (exact) mass is 528 g/mol. The number of carbonyl (C=O) groups excluding carboxylic acids is 1. The molecule has 11 heteroatoms. The maximum absolute atomic E-state index is 12.7. The minimum atomic E-state index is -2.97. The molecule has 0 spiro atoms. The van der Waals surface area contributed by atoms with Crippen LogP contribution in [0.1, 0.15) is 25.3 Å². The number of carbonyl (C=O) groups is 1. The van der Waals surface area contributed by atoms with Crippen LogP contribution in [0.5, 0.6) is 17.2 Å². The van der Waals surface area contributed by atoms with E-state index in [0.29, 0.717) is 29.6 Å². The summed E-state index contributed by atoms with van der Waals surface area (Å²) in [4.78, 5) is 17.7. The van der Waals surface area contributed by atoms with Gasteiger partial charge in [-0.15, -0.1) is 24.0 Å². The number of fused-ring (bicyclic) bond motifs is 1. The molecule has 0 saturated heterocycles. The Morgan fingerprint density at radius 2 is 1.97 bits per heavy atom. The molecule has 1 aromatic rings. The number of benzene rings is 1. The minimum absolute atomic E-state index is 0. The van der Waals surface area contributed by atoms with Gasteiger partial charge in [-0.3, -0.25) is 4.79 Å². The van der Waals surface area contributed by atoms with Gasteiger partial charge in [0.1, 0.15) is 5.75 Å². The van der Waals surface area contributed by atoms with Crippen LogP contribution in [0.25, 0.3) is 0 Å². The van der Waals surface area contributed by atoms with E-state index in [9.17, 15) is 13.6 Å². The number of hydrogen-bond acceptors (Lipinski definition) is 5. The summed E-state index contributed by atoms with van der Waals surface area (Å²) < 4.78 is 40.6. The Morgan fingerprint density at radius 3 is 2.59 bits per heavy atom. The molecule has 0 bridgehead atoms. The number of ether oxygens (including phenoxy) is 3. The molecule has 0 atom stereocenters. The zero-order valence-electron chi connectivity index (χ0n) is 16.7. The highest BCUT2D eigenvalue weighted by Gasteiger charge is 2.20. The quantitative estimate of drug-likeness (QED) is 0.222. The van der Waals surface area contributed by atoms with Crippen molar-refractivity contribution in [3.05, 3.63) is 17.7 Å². The standard InChI is InChI=1S/C18H26F2N4O4.HI/c1-4-5-6-21-18(23-10-16(25)24(2)3)22-9-12-7-14-15(27-11-26-14)8-13(12)28-17(19)20;/h7-8,17H,4-6,9-11H2,1-3H3,(H2,21,22,23);1H. The second-order valence-electron chi connectivity index (χ2n) is 6.28. The van der Waals surface area contributed by atoms with Crippen molar-refractivity contribution in [1.82, 2.24) is 15.5 Å². The summed E-state index contributed by atoms with van der Waals surface area (Å²) in [6.45, 7) is -0.111. The van der Waals surface area contributed by atoms with Crippen molar-refractivity contribution in [3.63, 3.8) is 0 Å². The normalized spacial score (nSPS) is 12.4. The molecule has 0 aliphatic carbocycles. The van der Waals surface area contributed by atoms with Crippen molar-refractivity contribution in [2.24, 2.45) is 4.99 Å². The number of likely N-dealkylation sites (N-methyl/N-ethyl adjacent to an activating group) is 1. The molecule has 1 heterocycles. The maximum atomic E-state index is 12.7. The van der Waals surface area contributed by atoms with Crippen molar-refractivity contribution in [1.29, 1.82) is 0 Å². The Hall–Kier alpha value is -2.05. The van der Waals surface area contributed by atoms with E-state index in [1.807, 2.05) is 0 Å². The third-order valence-electron chi connectivity index (χ3n) is 3.91. The Kier molecular flexibility index (Phi) is 10.8. The predicted octanol–water partition coefficient (Wildman–Crippen LogP) is 2.56. The molecule has 0 unspecified atom stereocenters. The summed E-state index contributed by atoms with van der Waals surface area (Å²) in [6.07, 6.45) is 1.91. The fourth-order valence-corrected chi connectivity index (χ4v) is 2.33. The number of amides is 1. The van der Waals surface area contributed by atoms with E-state index >= 15 is 0 Å². The van der Waals surface area contributed by atoms with Crippen molar-refractivity contribution in [3.8, 4) is 17.2 Å². The molecule has 29 heavy (non-hydrogen) atoms. The number of nitrogens with one attached hydrogen (secondary N) is 2. The van der Waals surface area contributed by atoms with Crippen molar-refractivity contribution >= 4 is 35.8 Å². The first kappa shape index (κ1) is 25.0. The summed E-state index contributed by atoms with van der Waals surface area (Å²) in [5.74, 6) is 1.06. The molecular weight excluding hydrogens is 501 g/mol. The highest BCUT2D eigenvalue weighted by Crippen LogP contribution is 2.38. The molecule has 1 aromatic carbocycles. The lowest BCUT2D eigenvalue weighted by Crippen LogP contribution is -2.43. The Bertz CT molecular complexity index is 705. The third kappa shape index (κ3) is 8.07. The van der Waals surface area contributed by atoms with E-state index in [-0.39, 0.29) is 55.5 Å². The van der Waals surface area contributed by atoms with Crippen LogP contribution in [0.15, 0.2) is 17.1 Å². The summed E-state index contributed by atoms with van der Waals surface area (Å²) >= 11 is 0. The molecule has 0 fully saturated rings. The number of hydrogen-bond donors (Lipinski definition) is 2. The molecule has 1 aliphatic heterocycles. The number of alkyl halides is 2. The summed E-state index contributed by atoms with van der Waals surface area (Å²) in [7, 11) is 3.32. The lowest BCUT2D eigenvalue weighted by atomic mass is 10.1. The molecule has 0 aromatic heterocycles. The molecule has 164 valence electrons. The summed E-state index contributed by atoms with van der Waals surface area (Å²) in [5, 5.41) is 6.07. The van der Waals surface area contributed by atoms with Crippen LogP contribution in [-0.2, 0) is 11.3 Å². The van der Waals surface area contributed by atoms with Gasteiger partial charge in [0.15, 0.2) is 17.5 Å². The van der Waals surface area contributed by atoms with Crippen molar-refractivity contribution in [2.75, 3.05) is 34.0 Å². The first-order valence-corrected chi connectivity index (χ1v) is 9.00. The minimum Gasteiger partial charge on any atom is -0.454 e. The van der Waals surface area contributed by atoms with Gasteiger partial charge in [0.25, 0.3) is 0 Å². The van der Waals surface area contributed by atoms with Crippen LogP contribution in [0.3, 0.4) is 0 Å². The van der Waals surface area contributed by atoms with Gasteiger partial charge < -0.3 is 29.7 Å². The number of guanidine groups is 1. The van der Waals surface area contributed by atoms with E-state index in [1.54, 1.807) is 20.2 Å². The number of halogens is 3.